The van der Waals surface area contributed by atoms with E-state index in [2.05, 4.69) is 5.32 Å². The molecule has 1 aliphatic heterocycles. The average Bonchev–Trinajstić information content (AvgIpc) is 1.90. The number of carbonyl (C=O) groups is 1. The van der Waals surface area contributed by atoms with Gasteiger partial charge in [-0.05, 0) is 19.4 Å². The molecule has 1 atom stereocenters. The Bertz CT molecular complexity index is 112. The number of hydrogen-bond acceptors (Lipinski definition) is 2. The Labute approximate surface area is 56.1 Å². The lowest BCUT2D eigenvalue weighted by atomic mass is 9.99. The Balaban J connectivity index is 0.000000810. The monoisotopic (exact) mass is 130 g/mol. The van der Waals surface area contributed by atoms with Crippen LogP contribution in [0.3, 0.4) is 0 Å². The van der Waals surface area contributed by atoms with Crippen molar-refractivity contribution in [3.05, 3.63) is 0 Å². The molecule has 1 unspecified atom stereocenters. The molecule has 3 nitrogen and oxygen atoms in total. The van der Waals surface area contributed by atoms with Gasteiger partial charge in [0.05, 0.1) is 5.92 Å². The molecule has 0 spiro atoms. The van der Waals surface area contributed by atoms with Gasteiger partial charge in [-0.2, -0.15) is 0 Å². The van der Waals surface area contributed by atoms with E-state index in [1.807, 2.05) is 0 Å². The van der Waals surface area contributed by atoms with Gasteiger partial charge in [0, 0.05) is 7.97 Å². The highest BCUT2D eigenvalue weighted by Crippen LogP contribution is 2.07. The van der Waals surface area contributed by atoms with Crippen LogP contribution in [0.4, 0.5) is 0 Å². The number of nitrogens with one attached hydrogen (secondary N) is 1. The van der Waals surface area contributed by atoms with Gasteiger partial charge in [-0.3, -0.25) is 4.79 Å². The lowest BCUT2D eigenvalue weighted by Crippen LogP contribution is -2.37. The first-order chi connectivity index (χ1) is 4.30. The zero-order chi connectivity index (χ0) is 6.69. The maximum atomic E-state index is 10.5. The third-order valence-corrected chi connectivity index (χ3v) is 1.70. The van der Waals surface area contributed by atoms with Crippen LogP contribution in [-0.2, 0) is 4.79 Å². The van der Waals surface area contributed by atoms with E-state index in [1.165, 1.54) is 0 Å². The van der Waals surface area contributed by atoms with Crippen molar-refractivity contribution in [2.45, 2.75) is 12.8 Å². The molecule has 1 heterocycles. The van der Waals surface area contributed by atoms with Gasteiger partial charge >= 0.3 is 0 Å². The van der Waals surface area contributed by atoms with Crippen molar-refractivity contribution in [1.29, 1.82) is 0 Å². The summed E-state index contributed by atoms with van der Waals surface area (Å²) < 4.78 is 0. The fourth-order valence-electron chi connectivity index (χ4n) is 1.09. The van der Waals surface area contributed by atoms with Crippen LogP contribution in [0.15, 0.2) is 0 Å². The lowest BCUT2D eigenvalue weighted by Gasteiger charge is -2.18. The number of carbonyl (C=O) groups excluding carboxylic acids is 1. The van der Waals surface area contributed by atoms with Gasteiger partial charge in [0.15, 0.2) is 0 Å². The molecule has 0 aliphatic carbocycles. The quantitative estimate of drug-likeness (QED) is 0.513. The van der Waals surface area contributed by atoms with Crippen molar-refractivity contribution in [2.24, 2.45) is 11.7 Å². The highest BCUT2D eigenvalue weighted by molar-refractivity contribution is 5.76. The number of amides is 1. The zero-order valence-electron chi connectivity index (χ0n) is 5.39. The van der Waals surface area contributed by atoms with Crippen molar-refractivity contribution < 1.29 is 6.22 Å². The van der Waals surface area contributed by atoms with Crippen LogP contribution >= 0.6 is 0 Å². The van der Waals surface area contributed by atoms with Crippen LogP contribution < -0.4 is 11.1 Å². The third kappa shape index (κ3) is 1.68. The van der Waals surface area contributed by atoms with Crippen molar-refractivity contribution in [3.8, 4) is 0 Å². The fourth-order valence-corrected chi connectivity index (χ4v) is 1.09. The topological polar surface area (TPSA) is 55.1 Å². The van der Waals surface area contributed by atoms with Gasteiger partial charge in [-0.15, -0.1) is 0 Å². The predicted octanol–water partition coefficient (Wildman–Crippen LogP) is -0.283. The van der Waals surface area contributed by atoms with Crippen LogP contribution in [0.1, 0.15) is 14.3 Å². The minimum atomic E-state index is -0.165. The SMILES string of the molecule is NC(=O)C1CCCNC1.[HH]. The van der Waals surface area contributed by atoms with Gasteiger partial charge in [-0.25, -0.2) is 0 Å². The Kier molecular flexibility index (Phi) is 2.05. The number of piperidine rings is 1. The van der Waals surface area contributed by atoms with E-state index >= 15 is 0 Å². The van der Waals surface area contributed by atoms with Gasteiger partial charge in [0.2, 0.25) is 5.91 Å². The van der Waals surface area contributed by atoms with Crippen molar-refractivity contribution >= 4 is 5.91 Å². The molecule has 0 radical (unpaired) electrons. The van der Waals surface area contributed by atoms with E-state index < -0.39 is 0 Å². The second-order valence-electron chi connectivity index (χ2n) is 2.45. The minimum absolute atomic E-state index is 0. The number of rotatable bonds is 1. The summed E-state index contributed by atoms with van der Waals surface area (Å²) in [5.41, 5.74) is 5.09. The van der Waals surface area contributed by atoms with E-state index in [1.54, 1.807) is 0 Å². The van der Waals surface area contributed by atoms with Crippen LogP contribution in [0.2, 0.25) is 0 Å². The summed E-state index contributed by atoms with van der Waals surface area (Å²) in [5.74, 6) is -0.0825. The van der Waals surface area contributed by atoms with E-state index in [9.17, 15) is 4.79 Å². The highest BCUT2D eigenvalue weighted by atomic mass is 16.1. The van der Waals surface area contributed by atoms with Crippen LogP contribution in [-0.4, -0.2) is 19.0 Å². The first-order valence-corrected chi connectivity index (χ1v) is 3.31. The molecule has 1 rings (SSSR count). The predicted molar refractivity (Wildman–Crippen MR) is 36.9 cm³/mol. The summed E-state index contributed by atoms with van der Waals surface area (Å²) in [7, 11) is 0. The van der Waals surface area contributed by atoms with Crippen LogP contribution in [0, 0.1) is 5.92 Å². The molecule has 0 aromatic carbocycles. The van der Waals surface area contributed by atoms with E-state index in [4.69, 9.17) is 5.73 Å². The van der Waals surface area contributed by atoms with Gasteiger partial charge < -0.3 is 11.1 Å². The summed E-state index contributed by atoms with van der Waals surface area (Å²) in [5, 5.41) is 3.12. The molecule has 3 N–H and O–H groups in total. The highest BCUT2D eigenvalue weighted by Gasteiger charge is 2.17. The molecule has 1 saturated heterocycles. The number of nitrogens with two attached hydrogens (primary N) is 1. The molecule has 0 saturated carbocycles. The molecule has 9 heavy (non-hydrogen) atoms. The standard InChI is InChI=1S/C6H12N2O.H2/c7-6(9)5-2-1-3-8-4-5;/h5,8H,1-4H2,(H2,7,9);1H. The molecular weight excluding hydrogens is 116 g/mol. The lowest BCUT2D eigenvalue weighted by molar-refractivity contribution is -0.122. The average molecular weight is 130 g/mol. The third-order valence-electron chi connectivity index (χ3n) is 1.70. The molecule has 0 bridgehead atoms. The summed E-state index contributed by atoms with van der Waals surface area (Å²) in [4.78, 5) is 10.5. The first kappa shape index (κ1) is 6.55. The van der Waals surface area contributed by atoms with E-state index in [0.717, 1.165) is 25.9 Å². The smallest absolute Gasteiger partial charge is 0.221 e. The van der Waals surface area contributed by atoms with Crippen LogP contribution in [0.5, 0.6) is 0 Å². The molecule has 1 fully saturated rings. The van der Waals surface area contributed by atoms with Crippen molar-refractivity contribution in [1.82, 2.24) is 5.32 Å². The summed E-state index contributed by atoms with van der Waals surface area (Å²) in [6.45, 7) is 1.80. The Morgan fingerprint density at radius 2 is 2.56 bits per heavy atom. The Hall–Kier alpha value is -0.570. The molecule has 54 valence electrons. The summed E-state index contributed by atoms with van der Waals surface area (Å²) in [6, 6.07) is 0. The van der Waals surface area contributed by atoms with Crippen molar-refractivity contribution in [3.63, 3.8) is 0 Å². The van der Waals surface area contributed by atoms with E-state index in [-0.39, 0.29) is 13.3 Å². The molecule has 1 aliphatic rings. The maximum absolute atomic E-state index is 10.5. The molecule has 0 aromatic rings. The zero-order valence-corrected chi connectivity index (χ0v) is 5.39. The maximum Gasteiger partial charge on any atom is 0.221 e. The second kappa shape index (κ2) is 2.82. The molecule has 3 heteroatoms. The molecule has 0 aromatic heterocycles. The first-order valence-electron chi connectivity index (χ1n) is 3.31. The largest absolute Gasteiger partial charge is 0.369 e. The van der Waals surface area contributed by atoms with Gasteiger partial charge in [0.25, 0.3) is 0 Å². The van der Waals surface area contributed by atoms with Crippen LogP contribution in [0.25, 0.3) is 0 Å². The second-order valence-corrected chi connectivity index (χ2v) is 2.45. The number of primary amides is 1. The Morgan fingerprint density at radius 3 is 2.89 bits per heavy atom. The van der Waals surface area contributed by atoms with E-state index in [0.29, 0.717) is 0 Å². The molecular formula is C6H14N2O. The minimum Gasteiger partial charge on any atom is -0.369 e. The number of hydrogen-bond donors (Lipinski definition) is 2. The Morgan fingerprint density at radius 1 is 1.78 bits per heavy atom. The molecule has 1 amide bonds. The van der Waals surface area contributed by atoms with Gasteiger partial charge in [0.1, 0.15) is 0 Å². The normalized spacial score (nSPS) is 27.8. The fraction of sp³-hybridized carbons (Fsp3) is 0.833. The van der Waals surface area contributed by atoms with Gasteiger partial charge in [-0.1, -0.05) is 0 Å². The van der Waals surface area contributed by atoms with Crippen molar-refractivity contribution in [2.75, 3.05) is 13.1 Å². The summed E-state index contributed by atoms with van der Waals surface area (Å²) in [6.07, 6.45) is 2.04. The summed E-state index contributed by atoms with van der Waals surface area (Å²) >= 11 is 0.